The molecule has 21 heavy (non-hydrogen) atoms. The van der Waals surface area contributed by atoms with Crippen molar-refractivity contribution < 1.29 is 9.47 Å². The van der Waals surface area contributed by atoms with Crippen molar-refractivity contribution in [2.24, 2.45) is 0 Å². The Morgan fingerprint density at radius 1 is 1.00 bits per heavy atom. The molecule has 1 aromatic carbocycles. The number of imidazole rings is 1. The second-order valence-corrected chi connectivity index (χ2v) is 4.55. The molecule has 3 aromatic rings. The summed E-state index contributed by atoms with van der Waals surface area (Å²) in [6.07, 6.45) is 0.704. The van der Waals surface area contributed by atoms with Crippen LogP contribution in [-0.2, 0) is 6.42 Å². The van der Waals surface area contributed by atoms with E-state index in [-0.39, 0.29) is 0 Å². The summed E-state index contributed by atoms with van der Waals surface area (Å²) in [6.45, 7) is 3.10. The molecule has 0 radical (unpaired) electrons. The first-order valence-electron chi connectivity index (χ1n) is 7.01. The Bertz CT molecular complexity index is 710. The third-order valence-electron chi connectivity index (χ3n) is 3.01. The monoisotopic (exact) mass is 283 g/mol. The van der Waals surface area contributed by atoms with E-state index < -0.39 is 0 Å². The summed E-state index contributed by atoms with van der Waals surface area (Å²) in [5.41, 5.74) is 1.59. The van der Waals surface area contributed by atoms with Gasteiger partial charge in [-0.05, 0) is 25.1 Å². The van der Waals surface area contributed by atoms with Crippen molar-refractivity contribution in [3.8, 4) is 11.6 Å². The van der Waals surface area contributed by atoms with Crippen molar-refractivity contribution in [3.05, 3.63) is 48.3 Å². The van der Waals surface area contributed by atoms with Gasteiger partial charge < -0.3 is 14.5 Å². The maximum absolute atomic E-state index is 5.66. The summed E-state index contributed by atoms with van der Waals surface area (Å²) < 4.78 is 11.0. The summed E-state index contributed by atoms with van der Waals surface area (Å²) in [6, 6.07) is 13.5. The number of hydrogen-bond donors (Lipinski definition) is 1. The molecule has 108 valence electrons. The quantitative estimate of drug-likeness (QED) is 0.755. The number of pyridine rings is 1. The lowest BCUT2D eigenvalue weighted by Crippen LogP contribution is -2.02. The zero-order chi connectivity index (χ0) is 14.5. The van der Waals surface area contributed by atoms with E-state index in [0.717, 1.165) is 17.1 Å². The molecule has 0 aliphatic heterocycles. The van der Waals surface area contributed by atoms with Gasteiger partial charge in [0.05, 0.1) is 18.7 Å². The molecule has 5 heteroatoms. The van der Waals surface area contributed by atoms with Gasteiger partial charge in [0, 0.05) is 12.5 Å². The Labute approximate surface area is 123 Å². The van der Waals surface area contributed by atoms with Crippen molar-refractivity contribution in [2.75, 3.05) is 13.2 Å². The molecule has 0 spiro atoms. The predicted molar refractivity (Wildman–Crippen MR) is 80.7 cm³/mol. The molecule has 2 heterocycles. The number of nitrogens with one attached hydrogen (secondary N) is 1. The molecule has 3 rings (SSSR count). The van der Waals surface area contributed by atoms with Crippen molar-refractivity contribution in [2.45, 2.75) is 13.3 Å². The highest BCUT2D eigenvalue weighted by atomic mass is 16.5. The molecule has 0 amide bonds. The maximum atomic E-state index is 5.66. The Kier molecular flexibility index (Phi) is 4.00. The molecule has 0 saturated carbocycles. The molecular weight excluding hydrogens is 266 g/mol. The van der Waals surface area contributed by atoms with Crippen LogP contribution in [0, 0.1) is 0 Å². The fourth-order valence-corrected chi connectivity index (χ4v) is 2.05. The van der Waals surface area contributed by atoms with Gasteiger partial charge >= 0.3 is 0 Å². The summed E-state index contributed by atoms with van der Waals surface area (Å²) in [5, 5.41) is 0. The highest BCUT2D eigenvalue weighted by Crippen LogP contribution is 2.15. The fraction of sp³-hybridized carbons (Fsp3) is 0.250. The number of aromatic amines is 1. The molecule has 1 N–H and O–H groups in total. The van der Waals surface area contributed by atoms with Crippen LogP contribution in [-0.4, -0.2) is 28.2 Å². The second-order valence-electron chi connectivity index (χ2n) is 4.55. The Balaban J connectivity index is 1.64. The summed E-state index contributed by atoms with van der Waals surface area (Å²) in [7, 11) is 0. The molecule has 0 unspecified atom stereocenters. The lowest BCUT2D eigenvalue weighted by molar-refractivity contribution is 0.319. The number of fused-ring (bicyclic) bond motifs is 1. The van der Waals surface area contributed by atoms with Gasteiger partial charge in [0.2, 0.25) is 5.88 Å². The zero-order valence-corrected chi connectivity index (χ0v) is 11.9. The van der Waals surface area contributed by atoms with Crippen molar-refractivity contribution in [3.63, 3.8) is 0 Å². The Hall–Kier alpha value is -2.56. The van der Waals surface area contributed by atoms with Crippen LogP contribution in [0.25, 0.3) is 11.2 Å². The molecule has 0 aliphatic carbocycles. The van der Waals surface area contributed by atoms with Crippen molar-refractivity contribution in [1.29, 1.82) is 0 Å². The lowest BCUT2D eigenvalue weighted by Gasteiger charge is -2.03. The number of rotatable bonds is 6. The SMILES string of the molecule is CCOc1ccc2[nH]c(CCOc3ccccc3)nc2n1. The molecular formula is C16H17N3O2. The van der Waals surface area contributed by atoms with Gasteiger partial charge in [-0.1, -0.05) is 18.2 Å². The number of benzene rings is 1. The summed E-state index contributed by atoms with van der Waals surface area (Å²) in [4.78, 5) is 12.0. The molecule has 0 bridgehead atoms. The van der Waals surface area contributed by atoms with Crippen LogP contribution in [0.5, 0.6) is 11.6 Å². The number of ether oxygens (including phenoxy) is 2. The van der Waals surface area contributed by atoms with Gasteiger partial charge in [-0.15, -0.1) is 0 Å². The van der Waals surface area contributed by atoms with Gasteiger partial charge in [0.25, 0.3) is 0 Å². The Morgan fingerprint density at radius 3 is 2.67 bits per heavy atom. The minimum atomic E-state index is 0.572. The van der Waals surface area contributed by atoms with E-state index in [1.165, 1.54) is 0 Å². The van der Waals surface area contributed by atoms with Crippen molar-refractivity contribution >= 4 is 11.2 Å². The molecule has 0 saturated heterocycles. The van der Waals surface area contributed by atoms with Gasteiger partial charge in [0.1, 0.15) is 11.6 Å². The van der Waals surface area contributed by atoms with Gasteiger partial charge in [-0.2, -0.15) is 4.98 Å². The van der Waals surface area contributed by atoms with E-state index in [1.807, 2.05) is 49.4 Å². The highest BCUT2D eigenvalue weighted by molar-refractivity contribution is 5.71. The van der Waals surface area contributed by atoms with Crippen LogP contribution >= 0.6 is 0 Å². The Morgan fingerprint density at radius 2 is 1.86 bits per heavy atom. The standard InChI is InChI=1S/C16H17N3O2/c1-2-20-15-9-8-13-16(19-15)18-14(17-13)10-11-21-12-6-4-3-5-7-12/h3-9H,2,10-11H2,1H3,(H,17,18,19). The van der Waals surface area contributed by atoms with Gasteiger partial charge in [0.15, 0.2) is 5.65 Å². The summed E-state index contributed by atoms with van der Waals surface area (Å²) >= 11 is 0. The second kappa shape index (κ2) is 6.26. The van der Waals surface area contributed by atoms with Crippen LogP contribution in [0.2, 0.25) is 0 Å². The van der Waals surface area contributed by atoms with E-state index >= 15 is 0 Å². The van der Waals surface area contributed by atoms with Crippen LogP contribution in [0.15, 0.2) is 42.5 Å². The van der Waals surface area contributed by atoms with E-state index in [4.69, 9.17) is 9.47 Å². The molecule has 0 atom stereocenters. The largest absolute Gasteiger partial charge is 0.493 e. The average molecular weight is 283 g/mol. The van der Waals surface area contributed by atoms with Gasteiger partial charge in [-0.3, -0.25) is 0 Å². The number of hydrogen-bond acceptors (Lipinski definition) is 4. The number of nitrogens with zero attached hydrogens (tertiary/aromatic N) is 2. The minimum absolute atomic E-state index is 0.572. The van der Waals surface area contributed by atoms with E-state index in [2.05, 4.69) is 15.0 Å². The van der Waals surface area contributed by atoms with E-state index in [0.29, 0.717) is 31.2 Å². The smallest absolute Gasteiger partial charge is 0.215 e. The summed E-state index contributed by atoms with van der Waals surface area (Å²) in [5.74, 6) is 2.33. The normalized spacial score (nSPS) is 10.7. The first-order valence-corrected chi connectivity index (χ1v) is 7.01. The third-order valence-corrected chi connectivity index (χ3v) is 3.01. The minimum Gasteiger partial charge on any atom is -0.493 e. The van der Waals surface area contributed by atoms with E-state index in [9.17, 15) is 0 Å². The number of H-pyrrole nitrogens is 1. The zero-order valence-electron chi connectivity index (χ0n) is 11.9. The number of para-hydroxylation sites is 1. The molecule has 5 nitrogen and oxygen atoms in total. The molecule has 2 aromatic heterocycles. The van der Waals surface area contributed by atoms with Crippen LogP contribution in [0.1, 0.15) is 12.7 Å². The third kappa shape index (κ3) is 3.31. The first kappa shape index (κ1) is 13.4. The highest BCUT2D eigenvalue weighted by Gasteiger charge is 2.06. The number of aromatic nitrogens is 3. The average Bonchev–Trinajstić information content (AvgIpc) is 2.91. The van der Waals surface area contributed by atoms with Gasteiger partial charge in [-0.25, -0.2) is 4.98 Å². The first-order chi connectivity index (χ1) is 10.3. The maximum Gasteiger partial charge on any atom is 0.215 e. The van der Waals surface area contributed by atoms with Crippen LogP contribution in [0.4, 0.5) is 0 Å². The van der Waals surface area contributed by atoms with E-state index in [1.54, 1.807) is 0 Å². The van der Waals surface area contributed by atoms with Crippen LogP contribution < -0.4 is 9.47 Å². The molecule has 0 aliphatic rings. The topological polar surface area (TPSA) is 60.0 Å². The van der Waals surface area contributed by atoms with Crippen LogP contribution in [0.3, 0.4) is 0 Å². The fourth-order valence-electron chi connectivity index (χ4n) is 2.05. The predicted octanol–water partition coefficient (Wildman–Crippen LogP) is 2.98. The van der Waals surface area contributed by atoms with Crippen molar-refractivity contribution in [1.82, 2.24) is 15.0 Å². The lowest BCUT2D eigenvalue weighted by atomic mass is 10.3. The molecule has 0 fully saturated rings.